The normalized spacial score (nSPS) is 13.3. The Kier molecular flexibility index (Phi) is 9.11. The van der Waals surface area contributed by atoms with Crippen LogP contribution in [0.25, 0.3) is 112 Å². The van der Waals surface area contributed by atoms with Crippen molar-refractivity contribution in [2.24, 2.45) is 0 Å². The number of fused-ring (bicyclic) bond motifs is 6. The molecular formula is C61H46N2. The fourth-order valence-corrected chi connectivity index (χ4v) is 10.5. The highest BCUT2D eigenvalue weighted by molar-refractivity contribution is 6.23. The van der Waals surface area contributed by atoms with E-state index in [1.807, 2.05) is 12.4 Å². The number of benzene rings is 8. The maximum atomic E-state index is 4.76. The van der Waals surface area contributed by atoms with Crippen LogP contribution in [0.2, 0.25) is 0 Å². The summed E-state index contributed by atoms with van der Waals surface area (Å²) < 4.78 is 2.52. The molecule has 0 fully saturated rings. The van der Waals surface area contributed by atoms with E-state index >= 15 is 0 Å². The SMILES string of the molecule is Cc1cc(-c2ccc(-c3cncc(-c4ccc(-c5c6ccccc6c(-c6cccc7ccccc67)c6ccccc56)cc4)c3)cc2)cc(-n2c3c(c4c2=CCCCC=4)CCC=C3)c1. The smallest absolute Gasteiger partial charge is 0.0497 e. The fourth-order valence-electron chi connectivity index (χ4n) is 10.5. The summed E-state index contributed by atoms with van der Waals surface area (Å²) in [5.41, 5.74) is 17.4. The molecule has 63 heavy (non-hydrogen) atoms. The average molecular weight is 807 g/mol. The number of nitrogens with zero attached hydrogens (tertiary/aromatic N) is 2. The summed E-state index contributed by atoms with van der Waals surface area (Å²) in [7, 11) is 0. The molecule has 2 nitrogen and oxygen atoms in total. The van der Waals surface area contributed by atoms with E-state index in [1.54, 1.807) is 0 Å². The Labute approximate surface area is 368 Å². The zero-order chi connectivity index (χ0) is 41.9. The Bertz CT molecular complexity index is 3520. The third-order valence-electron chi connectivity index (χ3n) is 13.4. The second kappa shape index (κ2) is 15.4. The summed E-state index contributed by atoms with van der Waals surface area (Å²) in [4.78, 5) is 4.76. The van der Waals surface area contributed by atoms with E-state index < -0.39 is 0 Å². The molecule has 0 unspecified atom stereocenters. The van der Waals surface area contributed by atoms with Gasteiger partial charge in [0.05, 0.1) is 0 Å². The Morgan fingerprint density at radius 1 is 0.476 bits per heavy atom. The predicted molar refractivity (Wildman–Crippen MR) is 267 cm³/mol. The predicted octanol–water partition coefficient (Wildman–Crippen LogP) is 14.7. The number of pyridine rings is 1. The second-order valence-corrected chi connectivity index (χ2v) is 17.3. The van der Waals surface area contributed by atoms with Crippen LogP contribution in [0.15, 0.2) is 182 Å². The van der Waals surface area contributed by atoms with Crippen LogP contribution in [0, 0.1) is 6.92 Å². The first-order chi connectivity index (χ1) is 31.2. The second-order valence-electron chi connectivity index (χ2n) is 17.3. The van der Waals surface area contributed by atoms with E-state index in [0.717, 1.165) is 47.9 Å². The van der Waals surface area contributed by atoms with Crippen LogP contribution in [0.4, 0.5) is 0 Å². The van der Waals surface area contributed by atoms with E-state index in [4.69, 9.17) is 4.98 Å². The van der Waals surface area contributed by atoms with Crippen LogP contribution in [-0.2, 0) is 6.42 Å². The van der Waals surface area contributed by atoms with E-state index in [1.165, 1.54) is 105 Å². The van der Waals surface area contributed by atoms with E-state index in [-0.39, 0.29) is 0 Å². The monoisotopic (exact) mass is 806 g/mol. The highest BCUT2D eigenvalue weighted by Gasteiger charge is 2.20. The maximum Gasteiger partial charge on any atom is 0.0497 e. The lowest BCUT2D eigenvalue weighted by atomic mass is 9.84. The number of aryl methyl sites for hydroxylation is 1. The van der Waals surface area contributed by atoms with Gasteiger partial charge >= 0.3 is 0 Å². The highest BCUT2D eigenvalue weighted by atomic mass is 15.0. The van der Waals surface area contributed by atoms with Gasteiger partial charge in [0, 0.05) is 40.3 Å². The minimum atomic E-state index is 1.10. The summed E-state index contributed by atoms with van der Waals surface area (Å²) in [6, 6.07) is 60.6. The molecule has 0 saturated carbocycles. The largest absolute Gasteiger partial charge is 0.310 e. The molecule has 0 bridgehead atoms. The first kappa shape index (κ1) is 37.2. The molecule has 2 heterocycles. The summed E-state index contributed by atoms with van der Waals surface area (Å²) in [6.07, 6.45) is 19.3. The molecule has 12 rings (SSSR count). The third-order valence-corrected chi connectivity index (χ3v) is 13.4. The zero-order valence-corrected chi connectivity index (χ0v) is 35.5. The first-order valence-corrected chi connectivity index (χ1v) is 22.5. The summed E-state index contributed by atoms with van der Waals surface area (Å²) in [5, 5.41) is 10.4. The molecule has 2 aliphatic rings. The van der Waals surface area contributed by atoms with Gasteiger partial charge < -0.3 is 4.57 Å². The zero-order valence-electron chi connectivity index (χ0n) is 35.5. The van der Waals surface area contributed by atoms with E-state index in [2.05, 4.69) is 200 Å². The van der Waals surface area contributed by atoms with E-state index in [9.17, 15) is 0 Å². The summed E-state index contributed by atoms with van der Waals surface area (Å²) in [5.74, 6) is 0. The highest BCUT2D eigenvalue weighted by Crippen LogP contribution is 2.45. The van der Waals surface area contributed by atoms with Gasteiger partial charge in [0.2, 0.25) is 0 Å². The van der Waals surface area contributed by atoms with Crippen LogP contribution >= 0.6 is 0 Å². The molecule has 300 valence electrons. The first-order valence-electron chi connectivity index (χ1n) is 22.5. The maximum absolute atomic E-state index is 4.76. The van der Waals surface area contributed by atoms with Gasteiger partial charge in [-0.15, -0.1) is 0 Å². The molecule has 2 aromatic heterocycles. The molecule has 0 atom stereocenters. The lowest BCUT2D eigenvalue weighted by Crippen LogP contribution is -2.29. The molecular weight excluding hydrogens is 761 g/mol. The van der Waals surface area contributed by atoms with Gasteiger partial charge in [-0.05, 0) is 156 Å². The number of rotatable bonds is 6. The minimum Gasteiger partial charge on any atom is -0.310 e. The van der Waals surface area contributed by atoms with Crippen LogP contribution in [0.5, 0.6) is 0 Å². The average Bonchev–Trinajstić information content (AvgIpc) is 3.45. The Balaban J connectivity index is 0.875. The number of aromatic nitrogens is 2. The fraction of sp³-hybridized carbons (Fsp3) is 0.0984. The summed E-state index contributed by atoms with van der Waals surface area (Å²) in [6.45, 7) is 2.22. The van der Waals surface area contributed by atoms with Crippen LogP contribution in [0.1, 0.15) is 42.5 Å². The number of hydrogen-bond acceptors (Lipinski definition) is 1. The lowest BCUT2D eigenvalue weighted by molar-refractivity contribution is 0.910. The van der Waals surface area contributed by atoms with Gasteiger partial charge in [-0.25, -0.2) is 0 Å². The molecule has 8 aromatic carbocycles. The molecule has 0 spiro atoms. The van der Waals surface area contributed by atoms with Crippen molar-refractivity contribution in [3.63, 3.8) is 0 Å². The molecule has 2 heteroatoms. The molecule has 0 radical (unpaired) electrons. The van der Waals surface area contributed by atoms with Crippen molar-refractivity contribution in [1.29, 1.82) is 0 Å². The van der Waals surface area contributed by atoms with Gasteiger partial charge in [-0.2, -0.15) is 0 Å². The molecule has 10 aromatic rings. The van der Waals surface area contributed by atoms with Crippen molar-refractivity contribution in [2.75, 3.05) is 0 Å². The van der Waals surface area contributed by atoms with Gasteiger partial charge in [0.25, 0.3) is 0 Å². The Hall–Kier alpha value is -7.55. The molecule has 0 amide bonds. The van der Waals surface area contributed by atoms with Gasteiger partial charge in [0.1, 0.15) is 0 Å². The molecule has 0 N–H and O–H groups in total. The van der Waals surface area contributed by atoms with Crippen LogP contribution in [-0.4, -0.2) is 9.55 Å². The van der Waals surface area contributed by atoms with Crippen molar-refractivity contribution >= 4 is 50.5 Å². The minimum absolute atomic E-state index is 1.10. The van der Waals surface area contributed by atoms with Gasteiger partial charge in [-0.1, -0.05) is 164 Å². The Morgan fingerprint density at radius 2 is 1.06 bits per heavy atom. The number of allylic oxidation sites excluding steroid dienone is 1. The van der Waals surface area contributed by atoms with Crippen molar-refractivity contribution in [3.05, 3.63) is 210 Å². The summed E-state index contributed by atoms with van der Waals surface area (Å²) >= 11 is 0. The van der Waals surface area contributed by atoms with Crippen molar-refractivity contribution in [1.82, 2.24) is 9.55 Å². The quantitative estimate of drug-likeness (QED) is 0.153. The van der Waals surface area contributed by atoms with Crippen LogP contribution < -0.4 is 10.6 Å². The molecule has 2 aliphatic carbocycles. The Morgan fingerprint density at radius 3 is 1.76 bits per heavy atom. The lowest BCUT2D eigenvalue weighted by Gasteiger charge is -2.19. The third kappa shape index (κ3) is 6.45. The van der Waals surface area contributed by atoms with Crippen molar-refractivity contribution < 1.29 is 0 Å². The van der Waals surface area contributed by atoms with Crippen molar-refractivity contribution in [3.8, 4) is 61.3 Å². The van der Waals surface area contributed by atoms with Crippen LogP contribution in [0.3, 0.4) is 0 Å². The topological polar surface area (TPSA) is 17.8 Å². The standard InChI is InChI=1S/C61H46N2/c1-40-34-46(37-49(35-40)63-58-24-4-2-3-17-51(58)52-18-11-12-25-59(52)63)41-26-28-42(29-27-41)47-36-48(39-62-38-47)43-30-32-45(33-31-43)60-54-19-7-9-21-56(54)61(57-22-10-8-20-55(57)60)53-23-13-15-44-14-5-6-16-50(44)53/h5-10,12-17,19-39H,2-4,11,18H2,1H3. The van der Waals surface area contributed by atoms with Crippen molar-refractivity contribution in [2.45, 2.75) is 39.0 Å². The number of hydrogen-bond donors (Lipinski definition) is 0. The molecule has 0 aliphatic heterocycles. The van der Waals surface area contributed by atoms with Gasteiger partial charge in [-0.3, -0.25) is 4.98 Å². The van der Waals surface area contributed by atoms with Gasteiger partial charge in [0.15, 0.2) is 0 Å². The molecule has 0 saturated heterocycles. The van der Waals surface area contributed by atoms with E-state index in [0.29, 0.717) is 0 Å².